The van der Waals surface area contributed by atoms with Crippen molar-refractivity contribution < 1.29 is 0 Å². The van der Waals surface area contributed by atoms with Crippen LogP contribution in [0.3, 0.4) is 0 Å². The second kappa shape index (κ2) is 3.64. The molecule has 1 aromatic carbocycles. The van der Waals surface area contributed by atoms with Gasteiger partial charge >= 0.3 is 0 Å². The van der Waals surface area contributed by atoms with Gasteiger partial charge in [0.2, 0.25) is 0 Å². The van der Waals surface area contributed by atoms with Crippen molar-refractivity contribution in [2.45, 2.75) is 0 Å². The van der Waals surface area contributed by atoms with E-state index in [-0.39, 0.29) is 0 Å². The van der Waals surface area contributed by atoms with Crippen molar-refractivity contribution in [3.05, 3.63) is 41.9 Å². The Labute approximate surface area is 86.6 Å². The van der Waals surface area contributed by atoms with E-state index in [0.29, 0.717) is 10.7 Å². The van der Waals surface area contributed by atoms with Crippen LogP contribution in [0.1, 0.15) is 0 Å². The lowest BCUT2D eigenvalue weighted by Crippen LogP contribution is -1.90. The average Bonchev–Trinajstić information content (AvgIpc) is 2.23. The number of nitrogen functional groups attached to an aromatic ring is 1. The second-order valence-corrected chi connectivity index (χ2v) is 3.30. The highest BCUT2D eigenvalue weighted by Crippen LogP contribution is 2.27. The van der Waals surface area contributed by atoms with Gasteiger partial charge in [-0.05, 0) is 18.2 Å². The van der Waals surface area contributed by atoms with Gasteiger partial charge in [0.05, 0.1) is 0 Å². The lowest BCUT2D eigenvalue weighted by Gasteiger charge is -2.04. The fourth-order valence-electron chi connectivity index (χ4n) is 1.22. The first-order valence-corrected chi connectivity index (χ1v) is 4.45. The molecule has 70 valence electrons. The highest BCUT2D eigenvalue weighted by atomic mass is 35.5. The van der Waals surface area contributed by atoms with Crippen molar-refractivity contribution in [1.29, 1.82) is 0 Å². The van der Waals surface area contributed by atoms with Crippen LogP contribution in [-0.4, -0.2) is 9.97 Å². The van der Waals surface area contributed by atoms with E-state index in [9.17, 15) is 0 Å². The predicted octanol–water partition coefficient (Wildman–Crippen LogP) is 2.38. The molecule has 0 unspecified atom stereocenters. The Morgan fingerprint density at radius 3 is 2.57 bits per heavy atom. The Bertz CT molecular complexity index is 442. The van der Waals surface area contributed by atoms with E-state index < -0.39 is 0 Å². The number of rotatable bonds is 1. The number of nitrogens with two attached hydrogens (primary N) is 1. The van der Waals surface area contributed by atoms with E-state index in [4.69, 9.17) is 17.3 Å². The monoisotopic (exact) mass is 205 g/mol. The van der Waals surface area contributed by atoms with Gasteiger partial charge in [-0.1, -0.05) is 11.6 Å². The summed E-state index contributed by atoms with van der Waals surface area (Å²) in [6.07, 6.45) is 4.88. The van der Waals surface area contributed by atoms with Gasteiger partial charge in [-0.15, -0.1) is 0 Å². The zero-order valence-electron chi connectivity index (χ0n) is 7.31. The Kier molecular flexibility index (Phi) is 2.33. The van der Waals surface area contributed by atoms with Crippen LogP contribution in [-0.2, 0) is 0 Å². The van der Waals surface area contributed by atoms with Crippen LogP contribution in [0, 0.1) is 0 Å². The van der Waals surface area contributed by atoms with Crippen molar-refractivity contribution in [2.24, 2.45) is 0 Å². The summed E-state index contributed by atoms with van der Waals surface area (Å²) in [5, 5.41) is 0.651. The molecule has 3 nitrogen and oxygen atoms in total. The molecule has 4 heteroatoms. The van der Waals surface area contributed by atoms with Crippen molar-refractivity contribution in [2.75, 3.05) is 5.73 Å². The molecular weight excluding hydrogens is 198 g/mol. The quantitative estimate of drug-likeness (QED) is 0.728. The van der Waals surface area contributed by atoms with E-state index in [1.54, 1.807) is 30.6 Å². The van der Waals surface area contributed by atoms with Gasteiger partial charge in [0.25, 0.3) is 0 Å². The summed E-state index contributed by atoms with van der Waals surface area (Å²) >= 11 is 5.87. The predicted molar refractivity (Wildman–Crippen MR) is 56.9 cm³/mol. The summed E-state index contributed by atoms with van der Waals surface area (Å²) in [6, 6.07) is 5.32. The van der Waals surface area contributed by atoms with Crippen molar-refractivity contribution in [1.82, 2.24) is 9.97 Å². The molecule has 0 saturated carbocycles. The fraction of sp³-hybridized carbons (Fsp3) is 0. The van der Waals surface area contributed by atoms with Crippen LogP contribution >= 0.6 is 11.6 Å². The maximum Gasteiger partial charge on any atom is 0.115 e. The Morgan fingerprint density at radius 2 is 1.86 bits per heavy atom. The van der Waals surface area contributed by atoms with Gasteiger partial charge < -0.3 is 5.73 Å². The lowest BCUT2D eigenvalue weighted by molar-refractivity contribution is 1.17. The minimum atomic E-state index is 0.651. The SMILES string of the molecule is Nc1ccc(Cl)cc1-c1cncnc1. The van der Waals surface area contributed by atoms with E-state index in [1.807, 2.05) is 0 Å². The zero-order valence-corrected chi connectivity index (χ0v) is 8.07. The molecule has 0 amide bonds. The molecular formula is C10H8ClN3. The van der Waals surface area contributed by atoms with Gasteiger partial charge in [-0.3, -0.25) is 0 Å². The standard InChI is InChI=1S/C10H8ClN3/c11-8-1-2-10(12)9(3-8)7-4-13-6-14-5-7/h1-6H,12H2. The maximum absolute atomic E-state index is 5.87. The molecule has 2 N–H and O–H groups in total. The fourth-order valence-corrected chi connectivity index (χ4v) is 1.39. The van der Waals surface area contributed by atoms with Crippen LogP contribution < -0.4 is 5.73 Å². The molecule has 0 fully saturated rings. The highest BCUT2D eigenvalue weighted by molar-refractivity contribution is 6.31. The van der Waals surface area contributed by atoms with Crippen LogP contribution in [0.25, 0.3) is 11.1 Å². The largest absolute Gasteiger partial charge is 0.398 e. The first-order chi connectivity index (χ1) is 6.77. The van der Waals surface area contributed by atoms with Crippen molar-refractivity contribution >= 4 is 17.3 Å². The molecule has 0 bridgehead atoms. The summed E-state index contributed by atoms with van der Waals surface area (Å²) in [6.45, 7) is 0. The number of hydrogen-bond donors (Lipinski definition) is 1. The Balaban J connectivity index is 2.57. The van der Waals surface area contributed by atoms with Crippen LogP contribution in [0.5, 0.6) is 0 Å². The number of aromatic nitrogens is 2. The third-order valence-electron chi connectivity index (χ3n) is 1.89. The number of benzene rings is 1. The number of anilines is 1. The van der Waals surface area contributed by atoms with E-state index >= 15 is 0 Å². The van der Waals surface area contributed by atoms with E-state index in [2.05, 4.69) is 9.97 Å². The van der Waals surface area contributed by atoms with Gasteiger partial charge in [-0.25, -0.2) is 9.97 Å². The molecule has 2 rings (SSSR count). The molecule has 1 heterocycles. The third-order valence-corrected chi connectivity index (χ3v) is 2.12. The molecule has 14 heavy (non-hydrogen) atoms. The molecule has 0 aliphatic rings. The van der Waals surface area contributed by atoms with Gasteiger partial charge in [0.15, 0.2) is 0 Å². The number of halogens is 1. The summed E-state index contributed by atoms with van der Waals surface area (Å²) in [5.74, 6) is 0. The Hall–Kier alpha value is -1.61. The smallest absolute Gasteiger partial charge is 0.115 e. The molecule has 0 saturated heterocycles. The highest BCUT2D eigenvalue weighted by Gasteiger charge is 2.03. The molecule has 1 aromatic heterocycles. The van der Waals surface area contributed by atoms with Crippen LogP contribution in [0.2, 0.25) is 5.02 Å². The third kappa shape index (κ3) is 1.67. The van der Waals surface area contributed by atoms with Crippen molar-refractivity contribution in [3.63, 3.8) is 0 Å². The van der Waals surface area contributed by atoms with Crippen LogP contribution in [0.4, 0.5) is 5.69 Å². The summed E-state index contributed by atoms with van der Waals surface area (Å²) in [5.41, 5.74) is 8.21. The molecule has 0 atom stereocenters. The first-order valence-electron chi connectivity index (χ1n) is 4.08. The second-order valence-electron chi connectivity index (χ2n) is 2.86. The Morgan fingerprint density at radius 1 is 1.14 bits per heavy atom. The normalized spacial score (nSPS) is 10.1. The van der Waals surface area contributed by atoms with E-state index in [1.165, 1.54) is 6.33 Å². The van der Waals surface area contributed by atoms with Gasteiger partial charge in [0, 0.05) is 34.2 Å². The molecule has 0 aliphatic carbocycles. The number of nitrogens with zero attached hydrogens (tertiary/aromatic N) is 2. The number of hydrogen-bond acceptors (Lipinski definition) is 3. The molecule has 0 radical (unpaired) electrons. The van der Waals surface area contributed by atoms with Crippen LogP contribution in [0.15, 0.2) is 36.9 Å². The zero-order chi connectivity index (χ0) is 9.97. The average molecular weight is 206 g/mol. The minimum absolute atomic E-state index is 0.651. The van der Waals surface area contributed by atoms with Crippen molar-refractivity contribution in [3.8, 4) is 11.1 Å². The van der Waals surface area contributed by atoms with E-state index in [0.717, 1.165) is 11.1 Å². The maximum atomic E-state index is 5.87. The summed E-state index contributed by atoms with van der Waals surface area (Å²) in [4.78, 5) is 7.84. The van der Waals surface area contributed by atoms with Gasteiger partial charge in [0.1, 0.15) is 6.33 Å². The first kappa shape index (κ1) is 8.97. The summed E-state index contributed by atoms with van der Waals surface area (Å²) < 4.78 is 0. The lowest BCUT2D eigenvalue weighted by atomic mass is 10.1. The summed E-state index contributed by atoms with van der Waals surface area (Å²) in [7, 11) is 0. The molecule has 2 aromatic rings. The molecule has 0 aliphatic heterocycles. The topological polar surface area (TPSA) is 51.8 Å². The minimum Gasteiger partial charge on any atom is -0.398 e. The van der Waals surface area contributed by atoms with Gasteiger partial charge in [-0.2, -0.15) is 0 Å². The molecule has 0 spiro atoms.